The number of rotatable bonds is 4. The van der Waals surface area contributed by atoms with Crippen molar-refractivity contribution in [2.45, 2.75) is 11.8 Å². The van der Waals surface area contributed by atoms with E-state index in [0.717, 1.165) is 17.4 Å². The van der Waals surface area contributed by atoms with E-state index < -0.39 is 16.0 Å². The van der Waals surface area contributed by atoms with Gasteiger partial charge in [0.15, 0.2) is 0 Å². The van der Waals surface area contributed by atoms with E-state index in [2.05, 4.69) is 9.71 Å². The zero-order chi connectivity index (χ0) is 14.9. The predicted octanol–water partition coefficient (Wildman–Crippen LogP) is 2.60. The van der Waals surface area contributed by atoms with Gasteiger partial charge in [0.2, 0.25) is 0 Å². The normalized spacial score (nSPS) is 11.3. The van der Waals surface area contributed by atoms with E-state index in [1.165, 1.54) is 17.5 Å². The average Bonchev–Trinajstić information content (AvgIpc) is 2.83. The fourth-order valence-corrected chi connectivity index (χ4v) is 3.83. The number of anilines is 1. The Morgan fingerprint density at radius 2 is 2.15 bits per heavy atom. The first kappa shape index (κ1) is 14.8. The number of carboxylic acids is 1. The Bertz CT molecular complexity index is 770. The molecule has 0 aliphatic heterocycles. The number of carbonyl (C=O) groups is 1. The SMILES string of the molecule is Cc1nc(Cl)ccc1NS(=O)(=O)c1csc(C(=O)O)c1. The van der Waals surface area contributed by atoms with Crippen molar-refractivity contribution in [2.24, 2.45) is 0 Å². The van der Waals surface area contributed by atoms with Crippen LogP contribution in [0.5, 0.6) is 0 Å². The Kier molecular flexibility index (Phi) is 3.98. The number of aromatic nitrogens is 1. The highest BCUT2D eigenvalue weighted by Crippen LogP contribution is 2.23. The van der Waals surface area contributed by atoms with Gasteiger partial charge in [0.25, 0.3) is 10.0 Å². The fraction of sp³-hybridized carbons (Fsp3) is 0.0909. The molecule has 2 aromatic rings. The summed E-state index contributed by atoms with van der Waals surface area (Å²) < 4.78 is 26.6. The molecule has 0 saturated carbocycles. The summed E-state index contributed by atoms with van der Waals surface area (Å²) in [7, 11) is -3.85. The molecule has 0 saturated heterocycles. The van der Waals surface area contributed by atoms with Gasteiger partial charge >= 0.3 is 5.97 Å². The number of nitrogens with one attached hydrogen (secondary N) is 1. The lowest BCUT2D eigenvalue weighted by Crippen LogP contribution is -2.13. The van der Waals surface area contributed by atoms with Crippen molar-refractivity contribution >= 4 is 44.6 Å². The minimum atomic E-state index is -3.85. The molecule has 0 fully saturated rings. The van der Waals surface area contributed by atoms with Gasteiger partial charge in [-0.3, -0.25) is 4.72 Å². The molecule has 0 aromatic carbocycles. The first-order chi connectivity index (χ1) is 9.29. The third-order valence-corrected chi connectivity index (χ3v) is 5.02. The first-order valence-corrected chi connectivity index (χ1v) is 8.01. The first-order valence-electron chi connectivity index (χ1n) is 5.27. The minimum absolute atomic E-state index is 0.0451. The van der Waals surface area contributed by atoms with Crippen molar-refractivity contribution in [1.29, 1.82) is 0 Å². The Balaban J connectivity index is 2.33. The van der Waals surface area contributed by atoms with Crippen LogP contribution >= 0.6 is 22.9 Å². The molecular formula is C11H9ClN2O4S2. The van der Waals surface area contributed by atoms with Crippen LogP contribution in [0.4, 0.5) is 5.69 Å². The Labute approximate surface area is 124 Å². The number of aryl methyl sites for hydroxylation is 1. The molecule has 2 aromatic heterocycles. The number of aromatic carboxylic acids is 1. The number of carboxylic acid groups (broad SMARTS) is 1. The van der Waals surface area contributed by atoms with Gasteiger partial charge < -0.3 is 5.11 Å². The lowest BCUT2D eigenvalue weighted by molar-refractivity contribution is 0.0702. The second-order valence-corrected chi connectivity index (χ2v) is 6.81. The maximum absolute atomic E-state index is 12.1. The number of pyridine rings is 1. The standard InChI is InChI=1S/C11H9ClN2O4S2/c1-6-8(2-3-10(12)13-6)14-20(17,18)7-4-9(11(15)16)19-5-7/h2-5,14H,1H3,(H,15,16). The molecule has 0 atom stereocenters. The number of sulfonamides is 1. The van der Waals surface area contributed by atoms with Gasteiger partial charge in [0, 0.05) is 5.38 Å². The zero-order valence-corrected chi connectivity index (χ0v) is 12.5. The number of hydrogen-bond donors (Lipinski definition) is 2. The van der Waals surface area contributed by atoms with E-state index in [-0.39, 0.29) is 20.6 Å². The molecule has 106 valence electrons. The summed E-state index contributed by atoms with van der Waals surface area (Å²) in [6.07, 6.45) is 0. The maximum atomic E-state index is 12.1. The van der Waals surface area contributed by atoms with Crippen molar-refractivity contribution in [1.82, 2.24) is 4.98 Å². The summed E-state index contributed by atoms with van der Waals surface area (Å²) in [6.45, 7) is 1.61. The summed E-state index contributed by atoms with van der Waals surface area (Å²) in [5, 5.41) is 10.3. The quantitative estimate of drug-likeness (QED) is 0.839. The Morgan fingerprint density at radius 3 is 2.70 bits per heavy atom. The van der Waals surface area contributed by atoms with Crippen LogP contribution in [0.3, 0.4) is 0 Å². The molecule has 20 heavy (non-hydrogen) atoms. The highest BCUT2D eigenvalue weighted by atomic mass is 35.5. The van der Waals surface area contributed by atoms with Crippen molar-refractivity contribution in [3.63, 3.8) is 0 Å². The van der Waals surface area contributed by atoms with Gasteiger partial charge in [-0.1, -0.05) is 11.6 Å². The molecular weight excluding hydrogens is 324 g/mol. The van der Waals surface area contributed by atoms with Gasteiger partial charge in [-0.15, -0.1) is 11.3 Å². The molecule has 0 spiro atoms. The molecule has 0 aliphatic rings. The summed E-state index contributed by atoms with van der Waals surface area (Å²) in [4.78, 5) is 14.5. The molecule has 0 unspecified atom stereocenters. The van der Waals surface area contributed by atoms with Crippen molar-refractivity contribution in [3.05, 3.63) is 39.3 Å². The van der Waals surface area contributed by atoms with Gasteiger partial charge in [-0.2, -0.15) is 0 Å². The summed E-state index contributed by atoms with van der Waals surface area (Å²) in [5.41, 5.74) is 0.715. The van der Waals surface area contributed by atoms with Crippen LogP contribution in [0.1, 0.15) is 15.4 Å². The zero-order valence-electron chi connectivity index (χ0n) is 10.1. The highest BCUT2D eigenvalue weighted by Gasteiger charge is 2.19. The third kappa shape index (κ3) is 3.09. The molecule has 0 aliphatic carbocycles. The highest BCUT2D eigenvalue weighted by molar-refractivity contribution is 7.92. The predicted molar refractivity (Wildman–Crippen MR) is 76.1 cm³/mol. The fourth-order valence-electron chi connectivity index (χ4n) is 1.41. The van der Waals surface area contributed by atoms with E-state index in [4.69, 9.17) is 16.7 Å². The van der Waals surface area contributed by atoms with E-state index >= 15 is 0 Å². The van der Waals surface area contributed by atoms with Crippen LogP contribution in [0, 0.1) is 6.92 Å². The molecule has 6 nitrogen and oxygen atoms in total. The van der Waals surface area contributed by atoms with Gasteiger partial charge in [-0.25, -0.2) is 18.2 Å². The van der Waals surface area contributed by atoms with Gasteiger partial charge in [0.1, 0.15) is 10.0 Å². The largest absolute Gasteiger partial charge is 0.477 e. The maximum Gasteiger partial charge on any atom is 0.345 e. The summed E-state index contributed by atoms with van der Waals surface area (Å²) >= 11 is 6.54. The molecule has 0 bridgehead atoms. The number of hydrogen-bond acceptors (Lipinski definition) is 5. The molecule has 0 amide bonds. The van der Waals surface area contributed by atoms with Gasteiger partial charge in [-0.05, 0) is 25.1 Å². The van der Waals surface area contributed by atoms with Crippen molar-refractivity contribution in [2.75, 3.05) is 4.72 Å². The van der Waals surface area contributed by atoms with Crippen molar-refractivity contribution < 1.29 is 18.3 Å². The lowest BCUT2D eigenvalue weighted by atomic mass is 10.3. The second kappa shape index (κ2) is 5.39. The van der Waals surface area contributed by atoms with E-state index in [1.807, 2.05) is 0 Å². The van der Waals surface area contributed by atoms with Crippen LogP contribution in [-0.2, 0) is 10.0 Å². The monoisotopic (exact) mass is 332 g/mol. The number of nitrogens with zero attached hydrogens (tertiary/aromatic N) is 1. The molecule has 2 rings (SSSR count). The minimum Gasteiger partial charge on any atom is -0.477 e. The summed E-state index contributed by atoms with van der Waals surface area (Å²) in [5.74, 6) is -1.17. The number of halogens is 1. The van der Waals surface area contributed by atoms with Crippen LogP contribution < -0.4 is 4.72 Å². The molecule has 2 heterocycles. The summed E-state index contributed by atoms with van der Waals surface area (Å²) in [6, 6.07) is 4.06. The number of thiophene rings is 1. The second-order valence-electron chi connectivity index (χ2n) is 3.82. The lowest BCUT2D eigenvalue weighted by Gasteiger charge is -2.08. The third-order valence-electron chi connectivity index (χ3n) is 2.39. The van der Waals surface area contributed by atoms with E-state index in [1.54, 1.807) is 6.92 Å². The van der Waals surface area contributed by atoms with Gasteiger partial charge in [0.05, 0.1) is 16.3 Å². The molecule has 9 heteroatoms. The van der Waals surface area contributed by atoms with Crippen LogP contribution in [-0.4, -0.2) is 24.5 Å². The van der Waals surface area contributed by atoms with Crippen molar-refractivity contribution in [3.8, 4) is 0 Å². The van der Waals surface area contributed by atoms with E-state index in [9.17, 15) is 13.2 Å². The van der Waals surface area contributed by atoms with Crippen LogP contribution in [0.2, 0.25) is 5.15 Å². The van der Waals surface area contributed by atoms with Crippen LogP contribution in [0.15, 0.2) is 28.5 Å². The molecule has 2 N–H and O–H groups in total. The topological polar surface area (TPSA) is 96.4 Å². The Morgan fingerprint density at radius 1 is 1.45 bits per heavy atom. The van der Waals surface area contributed by atoms with Crippen LogP contribution in [0.25, 0.3) is 0 Å². The smallest absolute Gasteiger partial charge is 0.345 e. The molecule has 0 radical (unpaired) electrons. The Hall–Kier alpha value is -1.64. The average molecular weight is 333 g/mol. The van der Waals surface area contributed by atoms with E-state index in [0.29, 0.717) is 5.69 Å².